The largest absolute Gasteiger partial charge is 0.454 e. The summed E-state index contributed by atoms with van der Waals surface area (Å²) in [6.07, 6.45) is 0. The predicted octanol–water partition coefficient (Wildman–Crippen LogP) is 16.2. The molecular weight excluding hydrogens is 777 g/mol. The van der Waals surface area contributed by atoms with Crippen LogP contribution < -0.4 is 4.90 Å². The van der Waals surface area contributed by atoms with Crippen LogP contribution in [0.3, 0.4) is 0 Å². The molecule has 64 heavy (non-hydrogen) atoms. The van der Waals surface area contributed by atoms with Gasteiger partial charge in [-0.05, 0) is 80.9 Å². The number of hydrogen-bond donors (Lipinski definition) is 0. The molecule has 0 saturated carbocycles. The first-order valence-electron chi connectivity index (χ1n) is 22.1. The van der Waals surface area contributed by atoms with Crippen molar-refractivity contribution in [2.45, 2.75) is 5.41 Å². The van der Waals surface area contributed by atoms with Gasteiger partial charge in [0.25, 0.3) is 0 Å². The fourth-order valence-corrected chi connectivity index (χ4v) is 11.5. The van der Waals surface area contributed by atoms with Crippen LogP contribution in [0.25, 0.3) is 82.8 Å². The van der Waals surface area contributed by atoms with Gasteiger partial charge in [-0.25, -0.2) is 0 Å². The maximum Gasteiger partial charge on any atom is 0.159 e. The third-order valence-corrected chi connectivity index (χ3v) is 14.0. The second kappa shape index (κ2) is 13.3. The van der Waals surface area contributed by atoms with Gasteiger partial charge in [-0.15, -0.1) is 0 Å². The molecule has 14 rings (SSSR count). The van der Waals surface area contributed by atoms with Crippen molar-refractivity contribution in [3.8, 4) is 39.1 Å². The Bertz CT molecular complexity index is 3860. The standard InChI is InChI=1S/C61H38N2O/c1-2-17-39(18-3-1)40-35-37-41(38-36-40)42-19-5-10-29-52(42)62(56-33-15-24-46-44-21-7-13-34-57(44)64-60(46)56)55-32-16-27-50-58(55)47-22-4-8-25-48(47)61(50)49-26-9-12-31-54(49)63-53-30-11-6-20-43(53)45-23-14-28-51(61)59(45)63/h1-38H. The van der Waals surface area contributed by atoms with E-state index in [9.17, 15) is 0 Å². The minimum Gasteiger partial charge on any atom is -0.454 e. The number of nitrogens with zero attached hydrogens (tertiary/aromatic N) is 2. The van der Waals surface area contributed by atoms with Crippen molar-refractivity contribution in [3.63, 3.8) is 0 Å². The van der Waals surface area contributed by atoms with Crippen LogP contribution in [0.15, 0.2) is 235 Å². The van der Waals surface area contributed by atoms with Gasteiger partial charge < -0.3 is 13.9 Å². The van der Waals surface area contributed by atoms with E-state index in [0.29, 0.717) is 0 Å². The number of furan rings is 1. The highest BCUT2D eigenvalue weighted by Gasteiger charge is 2.51. The summed E-state index contributed by atoms with van der Waals surface area (Å²) >= 11 is 0. The molecule has 1 atom stereocenters. The Morgan fingerprint density at radius 2 is 0.938 bits per heavy atom. The average molecular weight is 815 g/mol. The Hall–Kier alpha value is -8.40. The Morgan fingerprint density at radius 3 is 1.83 bits per heavy atom. The molecular formula is C61H38N2O. The number of rotatable bonds is 5. The van der Waals surface area contributed by atoms with Crippen LogP contribution in [-0.2, 0) is 5.41 Å². The van der Waals surface area contributed by atoms with E-state index in [1.54, 1.807) is 0 Å². The van der Waals surface area contributed by atoms with Gasteiger partial charge in [0.1, 0.15) is 5.58 Å². The highest BCUT2D eigenvalue weighted by molar-refractivity contribution is 6.14. The van der Waals surface area contributed by atoms with Gasteiger partial charge in [-0.2, -0.15) is 0 Å². The Morgan fingerprint density at radius 1 is 0.359 bits per heavy atom. The van der Waals surface area contributed by atoms with E-state index >= 15 is 0 Å². The van der Waals surface area contributed by atoms with Crippen LogP contribution in [0.5, 0.6) is 0 Å². The number of para-hydroxylation sites is 6. The lowest BCUT2D eigenvalue weighted by atomic mass is 9.65. The van der Waals surface area contributed by atoms with Crippen molar-refractivity contribution >= 4 is 60.8 Å². The molecule has 10 aromatic carbocycles. The normalized spacial score (nSPS) is 14.6. The van der Waals surface area contributed by atoms with Crippen molar-refractivity contribution in [2.75, 3.05) is 4.90 Å². The number of fused-ring (bicyclic) bond motifs is 15. The summed E-state index contributed by atoms with van der Waals surface area (Å²) in [7, 11) is 0. The molecule has 1 aliphatic carbocycles. The Balaban J connectivity index is 1.09. The Labute approximate surface area is 370 Å². The number of anilines is 3. The summed E-state index contributed by atoms with van der Waals surface area (Å²) < 4.78 is 9.44. The molecule has 0 fully saturated rings. The van der Waals surface area contributed by atoms with Crippen LogP contribution in [0, 0.1) is 0 Å². The average Bonchev–Trinajstić information content (AvgIpc) is 4.02. The molecule has 3 heterocycles. The maximum atomic E-state index is 6.92. The maximum absolute atomic E-state index is 6.92. The summed E-state index contributed by atoms with van der Waals surface area (Å²) in [6, 6.07) is 84.5. The summed E-state index contributed by atoms with van der Waals surface area (Å²) in [4.78, 5) is 2.48. The molecule has 0 saturated heterocycles. The molecule has 3 heteroatoms. The Kier molecular flexibility index (Phi) is 7.32. The van der Waals surface area contributed by atoms with Gasteiger partial charge in [0.2, 0.25) is 0 Å². The third kappa shape index (κ3) is 4.65. The fourth-order valence-electron chi connectivity index (χ4n) is 11.5. The van der Waals surface area contributed by atoms with Crippen LogP contribution in [0.2, 0.25) is 0 Å². The first kappa shape index (κ1) is 35.2. The van der Waals surface area contributed by atoms with Gasteiger partial charge in [0.05, 0.1) is 39.2 Å². The van der Waals surface area contributed by atoms with Crippen molar-refractivity contribution in [3.05, 3.63) is 253 Å². The topological polar surface area (TPSA) is 21.3 Å². The quantitative estimate of drug-likeness (QED) is 0.173. The monoisotopic (exact) mass is 814 g/mol. The molecule has 2 aliphatic rings. The summed E-state index contributed by atoms with van der Waals surface area (Å²) in [6.45, 7) is 0. The fraction of sp³-hybridized carbons (Fsp3) is 0.0164. The molecule has 1 aliphatic heterocycles. The van der Waals surface area contributed by atoms with Gasteiger partial charge in [-0.1, -0.05) is 194 Å². The second-order valence-electron chi connectivity index (χ2n) is 17.1. The smallest absolute Gasteiger partial charge is 0.159 e. The van der Waals surface area contributed by atoms with Gasteiger partial charge in [0.15, 0.2) is 5.58 Å². The van der Waals surface area contributed by atoms with Crippen LogP contribution in [0.1, 0.15) is 22.3 Å². The lowest BCUT2D eigenvalue weighted by molar-refractivity contribution is 0.669. The highest BCUT2D eigenvalue weighted by Crippen LogP contribution is 2.63. The zero-order chi connectivity index (χ0) is 41.9. The molecule has 0 radical (unpaired) electrons. The van der Waals surface area contributed by atoms with E-state index < -0.39 is 5.41 Å². The molecule has 0 N–H and O–H groups in total. The molecule has 1 unspecified atom stereocenters. The van der Waals surface area contributed by atoms with Crippen LogP contribution >= 0.6 is 0 Å². The summed E-state index contributed by atoms with van der Waals surface area (Å²) in [5.41, 5.74) is 20.3. The van der Waals surface area contributed by atoms with E-state index in [4.69, 9.17) is 4.42 Å². The van der Waals surface area contributed by atoms with Crippen molar-refractivity contribution in [1.82, 2.24) is 4.57 Å². The van der Waals surface area contributed by atoms with Crippen molar-refractivity contribution in [1.29, 1.82) is 0 Å². The van der Waals surface area contributed by atoms with Gasteiger partial charge >= 0.3 is 0 Å². The predicted molar refractivity (Wildman–Crippen MR) is 264 cm³/mol. The SMILES string of the molecule is c1ccc(-c2ccc(-c3ccccc3N(c3cccc4c3-c3ccccc3C43c4ccccc4-n4c5ccccc5c5cccc3c54)c3cccc4c3oc3ccccc34)cc2)cc1. The highest BCUT2D eigenvalue weighted by atomic mass is 16.3. The first-order valence-corrected chi connectivity index (χ1v) is 22.1. The number of aromatic nitrogens is 1. The van der Waals surface area contributed by atoms with E-state index in [1.165, 1.54) is 72.0 Å². The minimum atomic E-state index is -0.591. The van der Waals surface area contributed by atoms with E-state index in [2.05, 4.69) is 240 Å². The lowest BCUT2D eigenvalue weighted by Gasteiger charge is -2.39. The first-order chi connectivity index (χ1) is 31.8. The zero-order valence-electron chi connectivity index (χ0n) is 34.7. The summed E-state index contributed by atoms with van der Waals surface area (Å²) in [5.74, 6) is 0. The van der Waals surface area contributed by atoms with Crippen LogP contribution in [0.4, 0.5) is 17.1 Å². The van der Waals surface area contributed by atoms with Gasteiger partial charge in [0, 0.05) is 32.7 Å². The molecule has 3 nitrogen and oxygen atoms in total. The zero-order valence-corrected chi connectivity index (χ0v) is 34.7. The molecule has 0 bridgehead atoms. The minimum absolute atomic E-state index is 0.591. The molecule has 12 aromatic rings. The lowest BCUT2D eigenvalue weighted by Crippen LogP contribution is -2.33. The summed E-state index contributed by atoms with van der Waals surface area (Å²) in [5, 5.41) is 4.74. The van der Waals surface area contributed by atoms with Crippen molar-refractivity contribution in [2.24, 2.45) is 0 Å². The molecule has 0 amide bonds. The van der Waals surface area contributed by atoms with Gasteiger partial charge in [-0.3, -0.25) is 0 Å². The second-order valence-corrected chi connectivity index (χ2v) is 17.1. The van der Waals surface area contributed by atoms with Crippen molar-refractivity contribution < 1.29 is 4.42 Å². The van der Waals surface area contributed by atoms with Crippen LogP contribution in [-0.4, -0.2) is 4.57 Å². The number of benzene rings is 10. The molecule has 298 valence electrons. The van der Waals surface area contributed by atoms with E-state index in [0.717, 1.165) is 50.1 Å². The van der Waals surface area contributed by atoms with E-state index in [-0.39, 0.29) is 0 Å². The molecule has 2 aromatic heterocycles. The number of hydrogen-bond acceptors (Lipinski definition) is 2. The van der Waals surface area contributed by atoms with E-state index in [1.807, 2.05) is 0 Å². The molecule has 1 spiro atoms. The third-order valence-electron chi connectivity index (χ3n) is 14.0.